The van der Waals surface area contributed by atoms with Crippen LogP contribution in [-0.2, 0) is 0 Å². The van der Waals surface area contributed by atoms with Crippen LogP contribution in [0, 0.1) is 5.92 Å². The van der Waals surface area contributed by atoms with Crippen LogP contribution < -0.4 is 5.32 Å². The third kappa shape index (κ3) is 3.53. The van der Waals surface area contributed by atoms with Crippen molar-refractivity contribution in [3.05, 3.63) is 36.5 Å². The quantitative estimate of drug-likeness (QED) is 0.581. The number of aromatic nitrogens is 1. The normalized spacial score (nSPS) is 20.5. The molecule has 0 saturated carbocycles. The molecule has 0 spiro atoms. The van der Waals surface area contributed by atoms with Gasteiger partial charge < -0.3 is 0 Å². The molecule has 2 heteroatoms. The number of pyridine rings is 1. The lowest BCUT2D eigenvalue weighted by atomic mass is 9.92. The standard InChI is InChI=1S/C15H23NSi/c1-17(2,15-10-6-7-12-16-15)13-11-14-8-4-3-5-9-14/h3-4,6-7,10,12,14H,5,8-9,11,13H2,1-2H3. The molecule has 1 aromatic heterocycles. The zero-order chi connectivity index (χ0) is 12.1. The molecule has 0 N–H and O–H groups in total. The minimum Gasteiger partial charge on any atom is -0.266 e. The Bertz CT molecular complexity index is 370. The van der Waals surface area contributed by atoms with Crippen LogP contribution in [0.5, 0.6) is 0 Å². The lowest BCUT2D eigenvalue weighted by Gasteiger charge is -2.25. The van der Waals surface area contributed by atoms with Gasteiger partial charge in [-0.05, 0) is 37.3 Å². The van der Waals surface area contributed by atoms with Crippen LogP contribution in [0.2, 0.25) is 19.1 Å². The van der Waals surface area contributed by atoms with E-state index in [2.05, 4.69) is 42.4 Å². The van der Waals surface area contributed by atoms with E-state index in [9.17, 15) is 0 Å². The van der Waals surface area contributed by atoms with Gasteiger partial charge in [-0.15, -0.1) is 0 Å². The van der Waals surface area contributed by atoms with E-state index in [-0.39, 0.29) is 0 Å². The van der Waals surface area contributed by atoms with Gasteiger partial charge in [-0.2, -0.15) is 0 Å². The molecular weight excluding hydrogens is 222 g/mol. The molecule has 1 aliphatic carbocycles. The van der Waals surface area contributed by atoms with Crippen molar-refractivity contribution in [1.82, 2.24) is 4.98 Å². The molecular formula is C15H23NSi. The first-order chi connectivity index (χ1) is 8.18. The van der Waals surface area contributed by atoms with E-state index >= 15 is 0 Å². The topological polar surface area (TPSA) is 12.9 Å². The van der Waals surface area contributed by atoms with Crippen LogP contribution in [0.1, 0.15) is 25.7 Å². The molecule has 0 aromatic carbocycles. The molecule has 1 aliphatic rings. The second-order valence-corrected chi connectivity index (χ2v) is 10.6. The SMILES string of the molecule is C[Si](C)(CCC1CC=CCC1)c1ccccn1. The summed E-state index contributed by atoms with van der Waals surface area (Å²) in [7, 11) is -1.30. The molecule has 0 saturated heterocycles. The number of rotatable bonds is 4. The molecule has 1 atom stereocenters. The van der Waals surface area contributed by atoms with Crippen molar-refractivity contribution in [3.8, 4) is 0 Å². The van der Waals surface area contributed by atoms with E-state index in [1.54, 1.807) is 0 Å². The van der Waals surface area contributed by atoms with E-state index in [0.29, 0.717) is 0 Å². The predicted molar refractivity (Wildman–Crippen MR) is 77.3 cm³/mol. The highest BCUT2D eigenvalue weighted by Gasteiger charge is 2.25. The number of hydrogen-bond acceptors (Lipinski definition) is 1. The summed E-state index contributed by atoms with van der Waals surface area (Å²) >= 11 is 0. The van der Waals surface area contributed by atoms with Crippen LogP contribution in [0.15, 0.2) is 36.5 Å². The zero-order valence-corrected chi connectivity index (χ0v) is 12.0. The lowest BCUT2D eigenvalue weighted by molar-refractivity contribution is 0.463. The summed E-state index contributed by atoms with van der Waals surface area (Å²) in [4.78, 5) is 4.56. The fourth-order valence-electron chi connectivity index (χ4n) is 2.57. The highest BCUT2D eigenvalue weighted by Crippen LogP contribution is 2.26. The maximum absolute atomic E-state index is 4.56. The molecule has 92 valence electrons. The Labute approximate surface area is 106 Å². The Hall–Kier alpha value is -0.893. The van der Waals surface area contributed by atoms with Crippen molar-refractivity contribution in [3.63, 3.8) is 0 Å². The van der Waals surface area contributed by atoms with Gasteiger partial charge in [0.15, 0.2) is 0 Å². The molecule has 0 radical (unpaired) electrons. The summed E-state index contributed by atoms with van der Waals surface area (Å²) in [6.45, 7) is 4.90. The molecule has 0 bridgehead atoms. The maximum Gasteiger partial charge on any atom is 0.104 e. The summed E-state index contributed by atoms with van der Waals surface area (Å²) in [6.07, 6.45) is 12.0. The van der Waals surface area contributed by atoms with Crippen molar-refractivity contribution >= 4 is 13.4 Å². The molecule has 1 heterocycles. The third-order valence-corrected chi connectivity index (χ3v) is 7.13. The minimum absolute atomic E-state index is 0.926. The molecule has 1 nitrogen and oxygen atoms in total. The summed E-state index contributed by atoms with van der Waals surface area (Å²) in [5.74, 6) is 0.926. The highest BCUT2D eigenvalue weighted by atomic mass is 28.3. The summed E-state index contributed by atoms with van der Waals surface area (Å²) < 4.78 is 0. The summed E-state index contributed by atoms with van der Waals surface area (Å²) in [5, 5.41) is 1.37. The average Bonchev–Trinajstić information content (AvgIpc) is 2.39. The molecule has 0 aliphatic heterocycles. The second-order valence-electron chi connectivity index (χ2n) is 5.79. The first-order valence-electron chi connectivity index (χ1n) is 6.75. The monoisotopic (exact) mass is 245 g/mol. The van der Waals surface area contributed by atoms with Gasteiger partial charge in [0, 0.05) is 11.5 Å². The molecule has 0 amide bonds. The molecule has 1 aromatic rings. The van der Waals surface area contributed by atoms with Gasteiger partial charge >= 0.3 is 0 Å². The van der Waals surface area contributed by atoms with E-state index in [4.69, 9.17) is 0 Å². The predicted octanol–water partition coefficient (Wildman–Crippen LogP) is 3.74. The van der Waals surface area contributed by atoms with E-state index in [1.807, 2.05) is 12.3 Å². The first-order valence-corrected chi connectivity index (χ1v) is 9.96. The van der Waals surface area contributed by atoms with Gasteiger partial charge in [0.2, 0.25) is 0 Å². The molecule has 2 rings (SSSR count). The largest absolute Gasteiger partial charge is 0.266 e. The zero-order valence-electron chi connectivity index (χ0n) is 11.0. The number of hydrogen-bond donors (Lipinski definition) is 0. The Balaban J connectivity index is 1.91. The third-order valence-electron chi connectivity index (χ3n) is 3.91. The van der Waals surface area contributed by atoms with Crippen LogP contribution in [-0.4, -0.2) is 13.1 Å². The Morgan fingerprint density at radius 2 is 2.18 bits per heavy atom. The van der Waals surface area contributed by atoms with Crippen molar-refractivity contribution in [2.45, 2.75) is 44.8 Å². The Morgan fingerprint density at radius 3 is 2.82 bits per heavy atom. The van der Waals surface area contributed by atoms with Gasteiger partial charge in [-0.3, -0.25) is 4.98 Å². The average molecular weight is 245 g/mol. The van der Waals surface area contributed by atoms with E-state index in [0.717, 1.165) is 5.92 Å². The van der Waals surface area contributed by atoms with Gasteiger partial charge in [-0.25, -0.2) is 0 Å². The Morgan fingerprint density at radius 1 is 1.29 bits per heavy atom. The van der Waals surface area contributed by atoms with Crippen LogP contribution in [0.4, 0.5) is 0 Å². The van der Waals surface area contributed by atoms with E-state index < -0.39 is 8.07 Å². The van der Waals surface area contributed by atoms with Crippen molar-refractivity contribution in [2.75, 3.05) is 0 Å². The fourth-order valence-corrected chi connectivity index (χ4v) is 4.93. The number of nitrogens with zero attached hydrogens (tertiary/aromatic N) is 1. The smallest absolute Gasteiger partial charge is 0.104 e. The van der Waals surface area contributed by atoms with E-state index in [1.165, 1.54) is 37.0 Å². The van der Waals surface area contributed by atoms with Crippen molar-refractivity contribution in [2.24, 2.45) is 5.92 Å². The lowest BCUT2D eigenvalue weighted by Crippen LogP contribution is -2.43. The molecule has 1 unspecified atom stereocenters. The Kier molecular flexibility index (Phi) is 4.16. The van der Waals surface area contributed by atoms with Gasteiger partial charge in [-0.1, -0.05) is 43.8 Å². The van der Waals surface area contributed by atoms with Crippen LogP contribution in [0.25, 0.3) is 0 Å². The van der Waals surface area contributed by atoms with Gasteiger partial charge in [0.1, 0.15) is 8.07 Å². The summed E-state index contributed by atoms with van der Waals surface area (Å²) in [5.41, 5.74) is 0. The minimum atomic E-state index is -1.30. The maximum atomic E-state index is 4.56. The summed E-state index contributed by atoms with van der Waals surface area (Å²) in [6, 6.07) is 7.73. The highest BCUT2D eigenvalue weighted by molar-refractivity contribution is 6.89. The number of allylic oxidation sites excluding steroid dienone is 2. The molecule has 17 heavy (non-hydrogen) atoms. The van der Waals surface area contributed by atoms with Crippen molar-refractivity contribution in [1.29, 1.82) is 0 Å². The first kappa shape index (κ1) is 12.6. The molecule has 0 fully saturated rings. The van der Waals surface area contributed by atoms with Gasteiger partial charge in [0.05, 0.1) is 0 Å². The van der Waals surface area contributed by atoms with Crippen LogP contribution >= 0.6 is 0 Å². The van der Waals surface area contributed by atoms with Crippen LogP contribution in [0.3, 0.4) is 0 Å². The fraction of sp³-hybridized carbons (Fsp3) is 0.533. The second kappa shape index (κ2) is 5.63. The van der Waals surface area contributed by atoms with Crippen molar-refractivity contribution < 1.29 is 0 Å². The van der Waals surface area contributed by atoms with Gasteiger partial charge in [0.25, 0.3) is 0 Å².